The summed E-state index contributed by atoms with van der Waals surface area (Å²) in [6, 6.07) is 15.5. The molecule has 4 rings (SSSR count). The van der Waals surface area contributed by atoms with Crippen LogP contribution in [0.25, 0.3) is 5.57 Å². The monoisotopic (exact) mass is 432 g/mol. The summed E-state index contributed by atoms with van der Waals surface area (Å²) in [7, 11) is 0. The van der Waals surface area contributed by atoms with Crippen LogP contribution in [0.5, 0.6) is 5.75 Å². The fourth-order valence-electron chi connectivity index (χ4n) is 4.50. The second-order valence-corrected chi connectivity index (χ2v) is 9.29. The van der Waals surface area contributed by atoms with E-state index in [9.17, 15) is 9.59 Å². The number of carbonyl (C=O) groups is 2. The van der Waals surface area contributed by atoms with Crippen molar-refractivity contribution in [3.63, 3.8) is 0 Å². The minimum Gasteiger partial charge on any atom is -0.491 e. The highest BCUT2D eigenvalue weighted by Gasteiger charge is 2.42. The predicted octanol–water partition coefficient (Wildman–Crippen LogP) is 4.79. The van der Waals surface area contributed by atoms with Gasteiger partial charge in [-0.05, 0) is 62.8 Å². The van der Waals surface area contributed by atoms with Gasteiger partial charge in [0.05, 0.1) is 18.2 Å². The Morgan fingerprint density at radius 3 is 2.31 bits per heavy atom. The molecule has 0 saturated carbocycles. The van der Waals surface area contributed by atoms with Crippen LogP contribution in [0.4, 0.5) is 0 Å². The van der Waals surface area contributed by atoms with Crippen LogP contribution in [0.1, 0.15) is 50.3 Å². The highest BCUT2D eigenvalue weighted by molar-refractivity contribution is 6.35. The molecule has 1 saturated heterocycles. The van der Waals surface area contributed by atoms with Gasteiger partial charge in [0.1, 0.15) is 11.4 Å². The second-order valence-electron chi connectivity index (χ2n) is 9.29. The Hall–Kier alpha value is -3.08. The molecule has 0 N–H and O–H groups in total. The summed E-state index contributed by atoms with van der Waals surface area (Å²) in [5.74, 6) is 0.836. The number of piperidine rings is 1. The lowest BCUT2D eigenvalue weighted by molar-refractivity contribution is -0.138. The van der Waals surface area contributed by atoms with Crippen molar-refractivity contribution in [3.05, 3.63) is 70.9 Å². The van der Waals surface area contributed by atoms with E-state index in [1.807, 2.05) is 69.3 Å². The first-order valence-electron chi connectivity index (χ1n) is 11.5. The molecule has 2 aromatic rings. The van der Waals surface area contributed by atoms with Crippen molar-refractivity contribution >= 4 is 17.4 Å². The van der Waals surface area contributed by atoms with Crippen molar-refractivity contribution in [1.82, 2.24) is 9.80 Å². The van der Waals surface area contributed by atoms with Gasteiger partial charge < -0.3 is 9.64 Å². The van der Waals surface area contributed by atoms with Crippen molar-refractivity contribution in [2.24, 2.45) is 5.92 Å². The van der Waals surface area contributed by atoms with Crippen LogP contribution in [0, 0.1) is 12.8 Å². The van der Waals surface area contributed by atoms with Crippen LogP contribution < -0.4 is 4.74 Å². The normalized spacial score (nSPS) is 19.3. The summed E-state index contributed by atoms with van der Waals surface area (Å²) in [6.45, 7) is 10.1. The Morgan fingerprint density at radius 2 is 1.69 bits per heavy atom. The zero-order chi connectivity index (χ0) is 22.8. The molecule has 2 aliphatic rings. The molecule has 0 aliphatic carbocycles. The van der Waals surface area contributed by atoms with E-state index in [4.69, 9.17) is 4.74 Å². The summed E-state index contributed by atoms with van der Waals surface area (Å²) in [6.07, 6.45) is 2.25. The number of hydrogen-bond donors (Lipinski definition) is 0. The average Bonchev–Trinajstić information content (AvgIpc) is 3.00. The first kappa shape index (κ1) is 22.1. The zero-order valence-corrected chi connectivity index (χ0v) is 19.4. The van der Waals surface area contributed by atoms with Gasteiger partial charge in [-0.25, -0.2) is 0 Å². The molecule has 2 amide bonds. The third-order valence-corrected chi connectivity index (χ3v) is 6.09. The average molecular weight is 433 g/mol. The third-order valence-electron chi connectivity index (χ3n) is 6.09. The summed E-state index contributed by atoms with van der Waals surface area (Å²) in [5, 5.41) is 0. The smallest absolute Gasteiger partial charge is 0.278 e. The zero-order valence-electron chi connectivity index (χ0n) is 19.4. The standard InChI is InChI=1S/C27H32N2O3/c1-18(2)32-23-13-11-22(12-14-23)24-25(28-15-5-6-20(4)16-28)27(31)29(26(24)30)17-21-9-7-19(3)8-10-21/h7-14,18,20H,5-6,15-17H2,1-4H3. The van der Waals surface area contributed by atoms with Crippen LogP contribution in [-0.2, 0) is 16.1 Å². The molecule has 2 heterocycles. The van der Waals surface area contributed by atoms with Crippen LogP contribution >= 0.6 is 0 Å². The Bertz CT molecular complexity index is 1020. The number of nitrogens with zero attached hydrogens (tertiary/aromatic N) is 2. The van der Waals surface area contributed by atoms with Gasteiger partial charge in [-0.3, -0.25) is 14.5 Å². The first-order chi connectivity index (χ1) is 15.3. The van der Waals surface area contributed by atoms with E-state index in [1.54, 1.807) is 0 Å². The summed E-state index contributed by atoms with van der Waals surface area (Å²) in [4.78, 5) is 30.7. The van der Waals surface area contributed by atoms with E-state index in [1.165, 1.54) is 4.90 Å². The minimum atomic E-state index is -0.221. The van der Waals surface area contributed by atoms with Gasteiger partial charge in [-0.15, -0.1) is 0 Å². The largest absolute Gasteiger partial charge is 0.491 e. The fourth-order valence-corrected chi connectivity index (χ4v) is 4.50. The lowest BCUT2D eigenvalue weighted by Gasteiger charge is -2.33. The molecule has 1 unspecified atom stereocenters. The van der Waals surface area contributed by atoms with Crippen molar-refractivity contribution in [3.8, 4) is 5.75 Å². The van der Waals surface area contributed by atoms with Gasteiger partial charge in [0.15, 0.2) is 0 Å². The molecular weight excluding hydrogens is 400 g/mol. The van der Waals surface area contributed by atoms with Crippen molar-refractivity contribution in [2.75, 3.05) is 13.1 Å². The molecule has 5 nitrogen and oxygen atoms in total. The Labute approximate surface area is 190 Å². The quantitative estimate of drug-likeness (QED) is 0.616. The lowest BCUT2D eigenvalue weighted by Crippen LogP contribution is -2.39. The lowest BCUT2D eigenvalue weighted by atomic mass is 9.97. The molecule has 168 valence electrons. The number of benzene rings is 2. The van der Waals surface area contributed by atoms with Crippen LogP contribution in [-0.4, -0.2) is 40.8 Å². The summed E-state index contributed by atoms with van der Waals surface area (Å²) >= 11 is 0. The van der Waals surface area contributed by atoms with E-state index in [-0.39, 0.29) is 24.5 Å². The van der Waals surface area contributed by atoms with Gasteiger partial charge in [0.2, 0.25) is 0 Å². The molecular formula is C27H32N2O3. The highest BCUT2D eigenvalue weighted by atomic mass is 16.5. The van der Waals surface area contributed by atoms with Gasteiger partial charge >= 0.3 is 0 Å². The van der Waals surface area contributed by atoms with Crippen LogP contribution in [0.15, 0.2) is 54.2 Å². The number of hydrogen-bond acceptors (Lipinski definition) is 4. The van der Waals surface area contributed by atoms with E-state index in [2.05, 4.69) is 11.8 Å². The van der Waals surface area contributed by atoms with Gasteiger partial charge in [-0.1, -0.05) is 48.9 Å². The number of rotatable bonds is 6. The molecule has 1 fully saturated rings. The van der Waals surface area contributed by atoms with E-state index >= 15 is 0 Å². The molecule has 0 spiro atoms. The maximum Gasteiger partial charge on any atom is 0.278 e. The summed E-state index contributed by atoms with van der Waals surface area (Å²) in [5.41, 5.74) is 3.92. The van der Waals surface area contributed by atoms with Gasteiger partial charge in [0, 0.05) is 13.1 Å². The van der Waals surface area contributed by atoms with Gasteiger partial charge in [0.25, 0.3) is 11.8 Å². The Balaban J connectivity index is 1.70. The van der Waals surface area contributed by atoms with E-state index in [0.29, 0.717) is 17.2 Å². The topological polar surface area (TPSA) is 49.9 Å². The second kappa shape index (κ2) is 9.19. The highest BCUT2D eigenvalue weighted by Crippen LogP contribution is 2.35. The third kappa shape index (κ3) is 4.57. The minimum absolute atomic E-state index is 0.0742. The van der Waals surface area contributed by atoms with Crippen molar-refractivity contribution in [2.45, 2.75) is 53.2 Å². The molecule has 1 atom stereocenters. The van der Waals surface area contributed by atoms with E-state index < -0.39 is 0 Å². The molecule has 5 heteroatoms. The molecule has 2 aliphatic heterocycles. The molecule has 32 heavy (non-hydrogen) atoms. The van der Waals surface area contributed by atoms with Crippen molar-refractivity contribution < 1.29 is 14.3 Å². The summed E-state index contributed by atoms with van der Waals surface area (Å²) < 4.78 is 5.76. The Kier molecular flexibility index (Phi) is 6.35. The molecule has 0 radical (unpaired) electrons. The van der Waals surface area contributed by atoms with Crippen LogP contribution in [0.2, 0.25) is 0 Å². The Morgan fingerprint density at radius 1 is 1.00 bits per heavy atom. The van der Waals surface area contributed by atoms with Gasteiger partial charge in [-0.2, -0.15) is 0 Å². The first-order valence-corrected chi connectivity index (χ1v) is 11.5. The van der Waals surface area contributed by atoms with Crippen molar-refractivity contribution in [1.29, 1.82) is 0 Å². The maximum absolute atomic E-state index is 13.6. The predicted molar refractivity (Wildman–Crippen MR) is 126 cm³/mol. The molecule has 2 aromatic carbocycles. The number of likely N-dealkylation sites (tertiary alicyclic amines) is 1. The van der Waals surface area contributed by atoms with E-state index in [0.717, 1.165) is 48.4 Å². The maximum atomic E-state index is 13.6. The SMILES string of the molecule is Cc1ccc(CN2C(=O)C(c3ccc(OC(C)C)cc3)=C(N3CCCC(C)C3)C2=O)cc1. The number of ether oxygens (including phenoxy) is 1. The number of carbonyl (C=O) groups excluding carboxylic acids is 2. The van der Waals surface area contributed by atoms with Crippen LogP contribution in [0.3, 0.4) is 0 Å². The number of aryl methyl sites for hydroxylation is 1. The molecule has 0 aromatic heterocycles. The fraction of sp³-hybridized carbons (Fsp3) is 0.407. The molecule has 0 bridgehead atoms. The number of imide groups is 1. The number of amides is 2.